The van der Waals surface area contributed by atoms with E-state index in [0.717, 1.165) is 24.4 Å². The highest BCUT2D eigenvalue weighted by Crippen LogP contribution is 2.18. The molecule has 1 aliphatic heterocycles. The van der Waals surface area contributed by atoms with Gasteiger partial charge in [0, 0.05) is 12.7 Å². The van der Waals surface area contributed by atoms with Crippen molar-refractivity contribution in [1.29, 1.82) is 0 Å². The van der Waals surface area contributed by atoms with Gasteiger partial charge in [0.1, 0.15) is 0 Å². The summed E-state index contributed by atoms with van der Waals surface area (Å²) < 4.78 is 0. The first-order valence-corrected chi connectivity index (χ1v) is 4.78. The van der Waals surface area contributed by atoms with Gasteiger partial charge in [-0.15, -0.1) is 0 Å². The third kappa shape index (κ3) is 2.20. The van der Waals surface area contributed by atoms with Crippen molar-refractivity contribution in [3.63, 3.8) is 0 Å². The van der Waals surface area contributed by atoms with Gasteiger partial charge in [-0.25, -0.2) is 0 Å². The van der Waals surface area contributed by atoms with Gasteiger partial charge in [-0.2, -0.15) is 0 Å². The summed E-state index contributed by atoms with van der Waals surface area (Å²) in [6.07, 6.45) is 3.23. The highest BCUT2D eigenvalue weighted by Gasteiger charge is 2.11. The minimum Gasteiger partial charge on any atom is -0.392 e. The van der Waals surface area contributed by atoms with Crippen LogP contribution in [0.2, 0.25) is 0 Å². The third-order valence-electron chi connectivity index (χ3n) is 2.53. The van der Waals surface area contributed by atoms with Crippen LogP contribution in [-0.2, 0) is 0 Å². The number of nitrogens with zero attached hydrogens (tertiary/aromatic N) is 1. The van der Waals surface area contributed by atoms with Crippen LogP contribution in [0.15, 0.2) is 27.9 Å². The Balaban J connectivity index is 2.80. The minimum atomic E-state index is 0.894. The molecule has 0 aromatic carbocycles. The van der Waals surface area contributed by atoms with Crippen LogP contribution in [-0.4, -0.2) is 19.3 Å². The summed E-state index contributed by atoms with van der Waals surface area (Å²) in [7, 11) is 1.93. The SMILES string of the molecule is CCC1=C(C)C(/C=C(/C)NC)=NC1. The van der Waals surface area contributed by atoms with Gasteiger partial charge in [0.15, 0.2) is 0 Å². The second-order valence-electron chi connectivity index (χ2n) is 3.36. The van der Waals surface area contributed by atoms with Crippen LogP contribution in [0.3, 0.4) is 0 Å². The van der Waals surface area contributed by atoms with Gasteiger partial charge in [0.25, 0.3) is 0 Å². The zero-order valence-corrected chi connectivity index (χ0v) is 8.94. The molecule has 0 saturated heterocycles. The average Bonchev–Trinajstić information content (AvgIpc) is 2.48. The fourth-order valence-electron chi connectivity index (χ4n) is 1.41. The number of hydrogen-bond acceptors (Lipinski definition) is 2. The average molecular weight is 178 g/mol. The van der Waals surface area contributed by atoms with Gasteiger partial charge >= 0.3 is 0 Å². The molecule has 0 radical (unpaired) electrons. The molecule has 0 aromatic rings. The Bertz CT molecular complexity index is 282. The Morgan fingerprint density at radius 3 is 2.77 bits per heavy atom. The largest absolute Gasteiger partial charge is 0.392 e. The number of allylic oxidation sites excluding steroid dienone is 3. The van der Waals surface area contributed by atoms with Crippen LogP contribution in [0.5, 0.6) is 0 Å². The van der Waals surface area contributed by atoms with Crippen molar-refractivity contribution in [2.75, 3.05) is 13.6 Å². The lowest BCUT2D eigenvalue weighted by Crippen LogP contribution is -2.05. The van der Waals surface area contributed by atoms with Crippen molar-refractivity contribution < 1.29 is 0 Å². The summed E-state index contributed by atoms with van der Waals surface area (Å²) in [4.78, 5) is 4.48. The predicted molar refractivity (Wildman–Crippen MR) is 58.1 cm³/mol. The normalized spacial score (nSPS) is 17.8. The van der Waals surface area contributed by atoms with Crippen LogP contribution in [0.1, 0.15) is 27.2 Å². The summed E-state index contributed by atoms with van der Waals surface area (Å²) in [5.74, 6) is 0. The van der Waals surface area contributed by atoms with E-state index in [9.17, 15) is 0 Å². The summed E-state index contributed by atoms with van der Waals surface area (Å²) in [5, 5.41) is 3.10. The summed E-state index contributed by atoms with van der Waals surface area (Å²) >= 11 is 0. The molecule has 2 heteroatoms. The van der Waals surface area contributed by atoms with Crippen LogP contribution in [0, 0.1) is 0 Å². The maximum atomic E-state index is 4.48. The molecule has 0 spiro atoms. The van der Waals surface area contributed by atoms with Crippen molar-refractivity contribution in [3.8, 4) is 0 Å². The molecule has 2 nitrogen and oxygen atoms in total. The van der Waals surface area contributed by atoms with Crippen LogP contribution < -0.4 is 5.32 Å². The summed E-state index contributed by atoms with van der Waals surface area (Å²) in [6, 6.07) is 0. The highest BCUT2D eigenvalue weighted by atomic mass is 14.8. The van der Waals surface area contributed by atoms with Crippen LogP contribution >= 0.6 is 0 Å². The van der Waals surface area contributed by atoms with Gasteiger partial charge in [0.05, 0.1) is 12.3 Å². The zero-order valence-electron chi connectivity index (χ0n) is 8.94. The topological polar surface area (TPSA) is 24.4 Å². The fourth-order valence-corrected chi connectivity index (χ4v) is 1.41. The first-order chi connectivity index (χ1) is 6.19. The second kappa shape index (κ2) is 4.26. The van der Waals surface area contributed by atoms with Gasteiger partial charge < -0.3 is 5.32 Å². The van der Waals surface area contributed by atoms with Crippen LogP contribution in [0.25, 0.3) is 0 Å². The Morgan fingerprint density at radius 1 is 1.62 bits per heavy atom. The molecule has 1 N–H and O–H groups in total. The maximum absolute atomic E-state index is 4.48. The monoisotopic (exact) mass is 178 g/mol. The molecule has 0 atom stereocenters. The smallest absolute Gasteiger partial charge is 0.0624 e. The molecule has 0 saturated carbocycles. The second-order valence-corrected chi connectivity index (χ2v) is 3.36. The van der Waals surface area contributed by atoms with E-state index in [1.54, 1.807) is 0 Å². The van der Waals surface area contributed by atoms with Crippen molar-refractivity contribution in [1.82, 2.24) is 5.32 Å². The van der Waals surface area contributed by atoms with Gasteiger partial charge in [-0.1, -0.05) is 6.92 Å². The Kier molecular flexibility index (Phi) is 3.29. The van der Waals surface area contributed by atoms with E-state index in [2.05, 4.69) is 37.2 Å². The van der Waals surface area contributed by atoms with Crippen LogP contribution in [0.4, 0.5) is 0 Å². The lowest BCUT2D eigenvalue weighted by atomic mass is 10.1. The van der Waals surface area contributed by atoms with E-state index >= 15 is 0 Å². The van der Waals surface area contributed by atoms with E-state index in [4.69, 9.17) is 0 Å². The van der Waals surface area contributed by atoms with E-state index in [1.807, 2.05) is 7.05 Å². The molecule has 0 fully saturated rings. The first-order valence-electron chi connectivity index (χ1n) is 4.78. The predicted octanol–water partition coefficient (Wildman–Crippen LogP) is 2.29. The van der Waals surface area contributed by atoms with Gasteiger partial charge in [-0.05, 0) is 37.5 Å². The molecular weight excluding hydrogens is 160 g/mol. The van der Waals surface area contributed by atoms with Gasteiger partial charge in [-0.3, -0.25) is 4.99 Å². The number of aliphatic imine (C=N–C) groups is 1. The Hall–Kier alpha value is -1.05. The number of hydrogen-bond donors (Lipinski definition) is 1. The summed E-state index contributed by atoms with van der Waals surface area (Å²) in [5.41, 5.74) is 5.13. The van der Waals surface area contributed by atoms with E-state index in [-0.39, 0.29) is 0 Å². The Labute approximate surface area is 80.4 Å². The standard InChI is InChI=1S/C11H18N2/c1-5-10-7-13-11(9(10)3)6-8(2)12-4/h6,12H,5,7H2,1-4H3/b8-6-. The molecule has 72 valence electrons. The molecule has 0 amide bonds. The fraction of sp³-hybridized carbons (Fsp3) is 0.545. The molecule has 0 unspecified atom stereocenters. The van der Waals surface area contributed by atoms with E-state index in [1.165, 1.54) is 11.1 Å². The molecule has 1 heterocycles. The lowest BCUT2D eigenvalue weighted by molar-refractivity contribution is 0.992. The summed E-state index contributed by atoms with van der Waals surface area (Å²) in [6.45, 7) is 7.29. The van der Waals surface area contributed by atoms with Crippen molar-refractivity contribution >= 4 is 5.71 Å². The first kappa shape index (κ1) is 10.0. The molecule has 0 aromatic heterocycles. The lowest BCUT2D eigenvalue weighted by Gasteiger charge is -2.01. The van der Waals surface area contributed by atoms with Crippen molar-refractivity contribution in [2.45, 2.75) is 27.2 Å². The molecule has 1 rings (SSSR count). The highest BCUT2D eigenvalue weighted by molar-refractivity contribution is 6.10. The Morgan fingerprint density at radius 2 is 2.31 bits per heavy atom. The van der Waals surface area contributed by atoms with E-state index in [0.29, 0.717) is 0 Å². The third-order valence-corrected chi connectivity index (χ3v) is 2.53. The molecule has 13 heavy (non-hydrogen) atoms. The number of nitrogens with one attached hydrogen (secondary N) is 1. The molecule has 0 bridgehead atoms. The molecular formula is C11H18N2. The maximum Gasteiger partial charge on any atom is 0.0624 e. The molecule has 0 aliphatic carbocycles. The minimum absolute atomic E-state index is 0.894. The van der Waals surface area contributed by atoms with Gasteiger partial charge in [0.2, 0.25) is 0 Å². The quantitative estimate of drug-likeness (QED) is 0.704. The van der Waals surface area contributed by atoms with E-state index < -0.39 is 0 Å². The molecule has 1 aliphatic rings. The van der Waals surface area contributed by atoms with Crippen molar-refractivity contribution in [2.24, 2.45) is 4.99 Å². The van der Waals surface area contributed by atoms with Crippen molar-refractivity contribution in [3.05, 3.63) is 22.9 Å². The zero-order chi connectivity index (χ0) is 9.84. The number of rotatable bonds is 3.